The molecule has 21 heavy (non-hydrogen) atoms. The highest BCUT2D eigenvalue weighted by Gasteiger charge is 2.26. The van der Waals surface area contributed by atoms with E-state index in [0.717, 1.165) is 32.4 Å². The fraction of sp³-hybridized carbons (Fsp3) is 0.611. The Balaban J connectivity index is 1.87. The molecule has 0 fully saturated rings. The Kier molecular flexibility index (Phi) is 4.92. The Hall–Kier alpha value is -1.51. The molecule has 0 radical (unpaired) electrons. The van der Waals surface area contributed by atoms with Crippen molar-refractivity contribution in [2.75, 3.05) is 18.0 Å². The molecular formula is C18H27NO2. The van der Waals surface area contributed by atoms with Gasteiger partial charge in [-0.3, -0.25) is 4.79 Å². The lowest BCUT2D eigenvalue weighted by atomic mass is 9.87. The highest BCUT2D eigenvalue weighted by molar-refractivity contribution is 5.73. The van der Waals surface area contributed by atoms with E-state index in [0.29, 0.717) is 0 Å². The van der Waals surface area contributed by atoms with Crippen molar-refractivity contribution in [3.63, 3.8) is 0 Å². The van der Waals surface area contributed by atoms with Crippen molar-refractivity contribution < 1.29 is 9.90 Å². The number of hydrogen-bond acceptors (Lipinski definition) is 2. The molecule has 2 rings (SSSR count). The lowest BCUT2D eigenvalue weighted by molar-refractivity contribution is -0.147. The zero-order chi connectivity index (χ0) is 15.5. The summed E-state index contributed by atoms with van der Waals surface area (Å²) in [6.07, 6.45) is 5.18. The van der Waals surface area contributed by atoms with Gasteiger partial charge in [-0.1, -0.05) is 24.1 Å². The Morgan fingerprint density at radius 3 is 2.81 bits per heavy atom. The van der Waals surface area contributed by atoms with Crippen molar-refractivity contribution in [1.82, 2.24) is 0 Å². The van der Waals surface area contributed by atoms with Crippen LogP contribution < -0.4 is 4.90 Å². The van der Waals surface area contributed by atoms with Crippen LogP contribution in [-0.4, -0.2) is 24.2 Å². The van der Waals surface area contributed by atoms with Crippen LogP contribution in [0, 0.1) is 12.3 Å². The Bertz CT molecular complexity index is 508. The van der Waals surface area contributed by atoms with Crippen LogP contribution in [0.2, 0.25) is 0 Å². The summed E-state index contributed by atoms with van der Waals surface area (Å²) < 4.78 is 0. The molecule has 3 heteroatoms. The molecule has 0 unspecified atom stereocenters. The number of fused-ring (bicyclic) bond motifs is 1. The van der Waals surface area contributed by atoms with Gasteiger partial charge in [-0.05, 0) is 58.1 Å². The molecule has 0 saturated carbocycles. The Morgan fingerprint density at radius 1 is 1.33 bits per heavy atom. The van der Waals surface area contributed by atoms with Gasteiger partial charge in [0.15, 0.2) is 0 Å². The molecule has 3 nitrogen and oxygen atoms in total. The van der Waals surface area contributed by atoms with E-state index in [1.54, 1.807) is 0 Å². The van der Waals surface area contributed by atoms with E-state index in [9.17, 15) is 4.79 Å². The molecule has 1 aromatic carbocycles. The van der Waals surface area contributed by atoms with E-state index in [1.165, 1.54) is 29.7 Å². The summed E-state index contributed by atoms with van der Waals surface area (Å²) in [7, 11) is 0. The number of carboxylic acid groups (broad SMARTS) is 1. The first kappa shape index (κ1) is 15.9. The number of nitrogens with zero attached hydrogens (tertiary/aromatic N) is 1. The maximum atomic E-state index is 11.1. The van der Waals surface area contributed by atoms with Gasteiger partial charge in [0, 0.05) is 18.8 Å². The maximum Gasteiger partial charge on any atom is 0.309 e. The molecule has 0 amide bonds. The second-order valence-corrected chi connectivity index (χ2v) is 6.87. The van der Waals surface area contributed by atoms with Gasteiger partial charge < -0.3 is 10.0 Å². The van der Waals surface area contributed by atoms with Gasteiger partial charge in [-0.15, -0.1) is 0 Å². The van der Waals surface area contributed by atoms with Crippen molar-refractivity contribution >= 4 is 11.7 Å². The Labute approximate surface area is 128 Å². The van der Waals surface area contributed by atoms with Crippen LogP contribution in [0.25, 0.3) is 0 Å². The highest BCUT2D eigenvalue weighted by Crippen LogP contribution is 2.29. The highest BCUT2D eigenvalue weighted by atomic mass is 16.4. The zero-order valence-electron chi connectivity index (χ0n) is 13.5. The number of benzene rings is 1. The van der Waals surface area contributed by atoms with Crippen LogP contribution >= 0.6 is 0 Å². The number of carboxylic acids is 1. The van der Waals surface area contributed by atoms with Gasteiger partial charge >= 0.3 is 5.97 Å². The summed E-state index contributed by atoms with van der Waals surface area (Å²) in [6, 6.07) is 6.73. The molecule has 0 atom stereocenters. The molecule has 0 aromatic heterocycles. The van der Waals surface area contributed by atoms with E-state index in [2.05, 4.69) is 30.0 Å². The molecule has 1 heterocycles. The minimum Gasteiger partial charge on any atom is -0.481 e. The van der Waals surface area contributed by atoms with Gasteiger partial charge in [-0.25, -0.2) is 0 Å². The summed E-state index contributed by atoms with van der Waals surface area (Å²) >= 11 is 0. The SMILES string of the molecule is Cc1ccc2c(c1)CCCN2CCCCC(C)(C)C(=O)O. The third-order valence-corrected chi connectivity index (χ3v) is 4.51. The van der Waals surface area contributed by atoms with Gasteiger partial charge in [0.1, 0.15) is 0 Å². The first-order valence-electron chi connectivity index (χ1n) is 7.98. The van der Waals surface area contributed by atoms with Gasteiger partial charge in [-0.2, -0.15) is 0 Å². The van der Waals surface area contributed by atoms with E-state index < -0.39 is 11.4 Å². The predicted octanol–water partition coefficient (Wildman–Crippen LogP) is 4.03. The van der Waals surface area contributed by atoms with Gasteiger partial charge in [0.05, 0.1) is 5.41 Å². The third kappa shape index (κ3) is 3.99. The van der Waals surface area contributed by atoms with Crippen molar-refractivity contribution in [3.8, 4) is 0 Å². The van der Waals surface area contributed by atoms with E-state index in [4.69, 9.17) is 5.11 Å². The largest absolute Gasteiger partial charge is 0.481 e. The quantitative estimate of drug-likeness (QED) is 0.804. The van der Waals surface area contributed by atoms with E-state index in [-0.39, 0.29) is 0 Å². The molecule has 0 saturated heterocycles. The standard InChI is InChI=1S/C18H27NO2/c1-14-8-9-16-15(13-14)7-6-12-19(16)11-5-4-10-18(2,3)17(20)21/h8-9,13H,4-7,10-12H2,1-3H3,(H,20,21). The molecule has 116 valence electrons. The van der Waals surface area contributed by atoms with Gasteiger partial charge in [0.25, 0.3) is 0 Å². The van der Waals surface area contributed by atoms with Crippen LogP contribution in [0.3, 0.4) is 0 Å². The minimum atomic E-state index is -0.693. The molecular weight excluding hydrogens is 262 g/mol. The summed E-state index contributed by atoms with van der Waals surface area (Å²) in [5.41, 5.74) is 3.58. The van der Waals surface area contributed by atoms with Crippen molar-refractivity contribution in [2.45, 2.75) is 52.9 Å². The molecule has 1 aromatic rings. The van der Waals surface area contributed by atoms with E-state index >= 15 is 0 Å². The van der Waals surface area contributed by atoms with Crippen molar-refractivity contribution in [3.05, 3.63) is 29.3 Å². The molecule has 1 aliphatic rings. The van der Waals surface area contributed by atoms with Crippen LogP contribution in [0.5, 0.6) is 0 Å². The summed E-state index contributed by atoms with van der Waals surface area (Å²) in [6.45, 7) is 7.93. The number of carbonyl (C=O) groups is 1. The average molecular weight is 289 g/mol. The fourth-order valence-electron chi connectivity index (χ4n) is 3.01. The number of aryl methyl sites for hydroxylation is 2. The Morgan fingerprint density at radius 2 is 2.10 bits per heavy atom. The predicted molar refractivity (Wildman–Crippen MR) is 87.0 cm³/mol. The summed E-state index contributed by atoms with van der Waals surface area (Å²) in [5, 5.41) is 9.14. The molecule has 1 aliphatic heterocycles. The number of aliphatic carboxylic acids is 1. The summed E-state index contributed by atoms with van der Waals surface area (Å²) in [4.78, 5) is 13.6. The molecule has 0 spiro atoms. The molecule has 0 bridgehead atoms. The molecule has 0 aliphatic carbocycles. The lowest BCUT2D eigenvalue weighted by Crippen LogP contribution is -2.30. The zero-order valence-corrected chi connectivity index (χ0v) is 13.5. The second-order valence-electron chi connectivity index (χ2n) is 6.87. The monoisotopic (exact) mass is 289 g/mol. The third-order valence-electron chi connectivity index (χ3n) is 4.51. The first-order valence-corrected chi connectivity index (χ1v) is 7.98. The number of unbranched alkanes of at least 4 members (excludes halogenated alkanes) is 1. The number of hydrogen-bond donors (Lipinski definition) is 1. The van der Waals surface area contributed by atoms with Crippen LogP contribution in [-0.2, 0) is 11.2 Å². The normalized spacial score (nSPS) is 14.9. The smallest absolute Gasteiger partial charge is 0.309 e. The van der Waals surface area contributed by atoms with Crippen molar-refractivity contribution in [1.29, 1.82) is 0 Å². The molecule has 1 N–H and O–H groups in total. The average Bonchev–Trinajstić information content (AvgIpc) is 2.43. The lowest BCUT2D eigenvalue weighted by Gasteiger charge is -2.32. The fourth-order valence-corrected chi connectivity index (χ4v) is 3.01. The minimum absolute atomic E-state index is 0.600. The van der Waals surface area contributed by atoms with Gasteiger partial charge in [0.2, 0.25) is 0 Å². The number of rotatable bonds is 6. The first-order chi connectivity index (χ1) is 9.90. The summed E-state index contributed by atoms with van der Waals surface area (Å²) in [5.74, 6) is -0.693. The van der Waals surface area contributed by atoms with Crippen LogP contribution in [0.1, 0.15) is 50.7 Å². The maximum absolute atomic E-state index is 11.1. The van der Waals surface area contributed by atoms with Crippen LogP contribution in [0.4, 0.5) is 5.69 Å². The van der Waals surface area contributed by atoms with Crippen molar-refractivity contribution in [2.24, 2.45) is 5.41 Å². The topological polar surface area (TPSA) is 40.5 Å². The van der Waals surface area contributed by atoms with E-state index in [1.807, 2.05) is 13.8 Å². The van der Waals surface area contributed by atoms with Crippen LogP contribution in [0.15, 0.2) is 18.2 Å². The second kappa shape index (κ2) is 6.50. The number of anilines is 1.